The fourth-order valence-corrected chi connectivity index (χ4v) is 4.21. The van der Waals surface area contributed by atoms with Gasteiger partial charge >= 0.3 is 0 Å². The van der Waals surface area contributed by atoms with Crippen LogP contribution in [0.25, 0.3) is 0 Å². The van der Waals surface area contributed by atoms with Gasteiger partial charge in [0, 0.05) is 11.8 Å². The second kappa shape index (κ2) is 10.3. The number of alkyl halides is 1. The van der Waals surface area contributed by atoms with Gasteiger partial charge in [0.15, 0.2) is 0 Å². The number of halogens is 1. The lowest BCUT2D eigenvalue weighted by atomic mass is 9.78. The predicted molar refractivity (Wildman–Crippen MR) is 99.0 cm³/mol. The molecule has 130 valence electrons. The molecule has 0 amide bonds. The second-order valence-electron chi connectivity index (χ2n) is 7.26. The maximum Gasteiger partial charge on any atom is 0.0646 e. The fourth-order valence-electron chi connectivity index (χ4n) is 3.80. The molecule has 3 heteroatoms. The van der Waals surface area contributed by atoms with E-state index >= 15 is 0 Å². The Kier molecular flexibility index (Phi) is 8.36. The first kappa shape index (κ1) is 18.7. The molecule has 0 N–H and O–H groups in total. The zero-order valence-corrected chi connectivity index (χ0v) is 15.7. The second-order valence-corrected chi connectivity index (χ2v) is 7.82. The van der Waals surface area contributed by atoms with Gasteiger partial charge in [0.05, 0.1) is 11.4 Å². The summed E-state index contributed by atoms with van der Waals surface area (Å²) in [4.78, 5) is 0. The fraction of sp³-hybridized carbons (Fsp3) is 0.800. The van der Waals surface area contributed by atoms with E-state index in [1.165, 1.54) is 57.8 Å². The normalized spacial score (nSPS) is 22.9. The van der Waals surface area contributed by atoms with Gasteiger partial charge in [-0.05, 0) is 49.7 Å². The minimum atomic E-state index is 0.220. The molecular formula is C20H33ClN2. The molecule has 1 heterocycles. The van der Waals surface area contributed by atoms with E-state index in [1.807, 2.05) is 0 Å². The molecule has 0 aromatic carbocycles. The van der Waals surface area contributed by atoms with Crippen molar-refractivity contribution in [3.05, 3.63) is 23.5 Å². The third-order valence-corrected chi connectivity index (χ3v) is 5.83. The van der Waals surface area contributed by atoms with E-state index in [2.05, 4.69) is 36.2 Å². The molecule has 2 rings (SSSR count). The van der Waals surface area contributed by atoms with Crippen molar-refractivity contribution >= 4 is 11.6 Å². The van der Waals surface area contributed by atoms with Crippen LogP contribution in [0.15, 0.2) is 12.1 Å². The van der Waals surface area contributed by atoms with E-state index in [0.29, 0.717) is 5.92 Å². The first-order valence-electron chi connectivity index (χ1n) is 9.68. The topological polar surface area (TPSA) is 25.8 Å². The molecule has 1 unspecified atom stereocenters. The highest BCUT2D eigenvalue weighted by atomic mass is 35.5. The minimum Gasteiger partial charge on any atom is -0.155 e. The Balaban J connectivity index is 1.75. The molecule has 0 spiro atoms. The number of rotatable bonds is 9. The van der Waals surface area contributed by atoms with Crippen molar-refractivity contribution in [2.75, 3.05) is 0 Å². The van der Waals surface area contributed by atoms with Crippen LogP contribution in [-0.4, -0.2) is 15.6 Å². The Morgan fingerprint density at radius 2 is 1.70 bits per heavy atom. The number of aryl methyl sites for hydroxylation is 1. The minimum absolute atomic E-state index is 0.220. The van der Waals surface area contributed by atoms with Gasteiger partial charge in [0.1, 0.15) is 0 Å². The van der Waals surface area contributed by atoms with Crippen LogP contribution in [0.4, 0.5) is 0 Å². The lowest BCUT2D eigenvalue weighted by molar-refractivity contribution is 0.255. The highest BCUT2D eigenvalue weighted by molar-refractivity contribution is 6.20. The van der Waals surface area contributed by atoms with E-state index in [-0.39, 0.29) is 5.38 Å². The number of hydrogen-bond acceptors (Lipinski definition) is 2. The summed E-state index contributed by atoms with van der Waals surface area (Å²) in [5, 5.41) is 9.00. The van der Waals surface area contributed by atoms with Crippen LogP contribution in [0.2, 0.25) is 0 Å². The van der Waals surface area contributed by atoms with Crippen molar-refractivity contribution in [2.45, 2.75) is 89.9 Å². The molecule has 1 aliphatic rings. The van der Waals surface area contributed by atoms with Gasteiger partial charge in [-0.1, -0.05) is 52.4 Å². The summed E-state index contributed by atoms with van der Waals surface area (Å²) < 4.78 is 0. The third-order valence-electron chi connectivity index (χ3n) is 5.32. The maximum atomic E-state index is 6.69. The molecule has 1 aromatic rings. The van der Waals surface area contributed by atoms with Crippen LogP contribution in [0.5, 0.6) is 0 Å². The summed E-state index contributed by atoms with van der Waals surface area (Å²) in [6, 6.07) is 4.27. The van der Waals surface area contributed by atoms with Gasteiger partial charge in [-0.25, -0.2) is 0 Å². The summed E-state index contributed by atoms with van der Waals surface area (Å²) in [5.41, 5.74) is 2.17. The maximum absolute atomic E-state index is 6.69. The number of nitrogens with zero attached hydrogens (tertiary/aromatic N) is 2. The van der Waals surface area contributed by atoms with Gasteiger partial charge < -0.3 is 0 Å². The van der Waals surface area contributed by atoms with Crippen LogP contribution in [0.1, 0.15) is 83.0 Å². The van der Waals surface area contributed by atoms with Gasteiger partial charge in [-0.3, -0.25) is 0 Å². The molecule has 2 nitrogen and oxygen atoms in total. The zero-order valence-electron chi connectivity index (χ0n) is 14.9. The summed E-state index contributed by atoms with van der Waals surface area (Å²) in [5.74, 6) is 1.61. The largest absolute Gasteiger partial charge is 0.155 e. The van der Waals surface area contributed by atoms with Crippen LogP contribution in [-0.2, 0) is 12.8 Å². The van der Waals surface area contributed by atoms with Crippen molar-refractivity contribution < 1.29 is 0 Å². The van der Waals surface area contributed by atoms with E-state index in [1.54, 1.807) is 0 Å². The number of aromatic nitrogens is 2. The molecule has 0 saturated heterocycles. The smallest absolute Gasteiger partial charge is 0.0646 e. The SMILES string of the molecule is CCCCCc1ccc(CC(Cl)[C@H]2CC[C@H](CCC)CC2)nn1. The highest BCUT2D eigenvalue weighted by Gasteiger charge is 2.26. The molecule has 0 radical (unpaired) electrons. The standard InChI is InChI=1S/C20H33ClN2/c1-3-5-6-8-18-13-14-19(23-22-18)15-20(21)17-11-9-16(7-4-2)10-12-17/h13-14,16-17,20H,3-12,15H2,1-2H3/t16-,17-,20?. The van der Waals surface area contributed by atoms with Gasteiger partial charge in [-0.2, -0.15) is 10.2 Å². The van der Waals surface area contributed by atoms with Crippen molar-refractivity contribution in [3.8, 4) is 0 Å². The third kappa shape index (κ3) is 6.41. The molecular weight excluding hydrogens is 304 g/mol. The van der Waals surface area contributed by atoms with Crippen molar-refractivity contribution in [2.24, 2.45) is 11.8 Å². The average Bonchev–Trinajstić information content (AvgIpc) is 2.57. The summed E-state index contributed by atoms with van der Waals surface area (Å²) in [6.45, 7) is 4.52. The van der Waals surface area contributed by atoms with E-state index in [9.17, 15) is 0 Å². The Labute approximate surface area is 147 Å². The zero-order chi connectivity index (χ0) is 16.5. The predicted octanol–water partition coefficient (Wildman–Crippen LogP) is 5.97. The first-order valence-corrected chi connectivity index (χ1v) is 10.1. The molecule has 23 heavy (non-hydrogen) atoms. The quantitative estimate of drug-likeness (QED) is 0.410. The number of hydrogen-bond donors (Lipinski definition) is 0. The Bertz CT molecular complexity index is 424. The molecule has 1 fully saturated rings. The van der Waals surface area contributed by atoms with Crippen molar-refractivity contribution in [1.82, 2.24) is 10.2 Å². The summed E-state index contributed by atoms with van der Waals surface area (Å²) >= 11 is 6.69. The Hall–Kier alpha value is -0.630. The molecule has 0 aliphatic heterocycles. The van der Waals surface area contributed by atoms with E-state index in [0.717, 1.165) is 30.1 Å². The van der Waals surface area contributed by atoms with E-state index in [4.69, 9.17) is 11.6 Å². The first-order chi connectivity index (χ1) is 11.2. The van der Waals surface area contributed by atoms with E-state index < -0.39 is 0 Å². The Morgan fingerprint density at radius 1 is 1.00 bits per heavy atom. The summed E-state index contributed by atoms with van der Waals surface area (Å²) in [7, 11) is 0. The van der Waals surface area contributed by atoms with Gasteiger partial charge in [-0.15, -0.1) is 11.6 Å². The van der Waals surface area contributed by atoms with Crippen LogP contribution in [0, 0.1) is 11.8 Å². The average molecular weight is 337 g/mol. The van der Waals surface area contributed by atoms with Crippen LogP contribution in [0.3, 0.4) is 0 Å². The lowest BCUT2D eigenvalue weighted by Gasteiger charge is -2.31. The molecule has 1 atom stereocenters. The lowest BCUT2D eigenvalue weighted by Crippen LogP contribution is -2.24. The highest BCUT2D eigenvalue weighted by Crippen LogP contribution is 2.35. The number of unbranched alkanes of at least 4 members (excludes halogenated alkanes) is 2. The molecule has 1 aliphatic carbocycles. The monoisotopic (exact) mass is 336 g/mol. The molecule has 1 saturated carbocycles. The molecule has 0 bridgehead atoms. The van der Waals surface area contributed by atoms with Gasteiger partial charge in [0.2, 0.25) is 0 Å². The van der Waals surface area contributed by atoms with Crippen LogP contribution >= 0.6 is 11.6 Å². The van der Waals surface area contributed by atoms with Crippen molar-refractivity contribution in [3.63, 3.8) is 0 Å². The van der Waals surface area contributed by atoms with Gasteiger partial charge in [0.25, 0.3) is 0 Å². The summed E-state index contributed by atoms with van der Waals surface area (Å²) in [6.07, 6.45) is 13.7. The molecule has 1 aromatic heterocycles. The van der Waals surface area contributed by atoms with Crippen LogP contribution < -0.4 is 0 Å². The Morgan fingerprint density at radius 3 is 2.30 bits per heavy atom. The van der Waals surface area contributed by atoms with Crippen molar-refractivity contribution in [1.29, 1.82) is 0 Å².